The second-order valence-electron chi connectivity index (χ2n) is 6.55. The molecule has 110 valence electrons. The molecule has 0 aromatic heterocycles. The Morgan fingerprint density at radius 1 is 1.30 bits per heavy atom. The van der Waals surface area contributed by atoms with Crippen molar-refractivity contribution in [2.24, 2.45) is 11.8 Å². The summed E-state index contributed by atoms with van der Waals surface area (Å²) in [5, 5.41) is 3.59. The molecular weight excluding hydrogens is 248 g/mol. The second-order valence-corrected chi connectivity index (χ2v) is 6.55. The van der Waals surface area contributed by atoms with Crippen LogP contribution in [-0.4, -0.2) is 30.9 Å². The van der Waals surface area contributed by atoms with Gasteiger partial charge in [-0.05, 0) is 49.3 Å². The third kappa shape index (κ3) is 3.14. The summed E-state index contributed by atoms with van der Waals surface area (Å²) in [6.45, 7) is 6.68. The van der Waals surface area contributed by atoms with E-state index in [9.17, 15) is 4.79 Å². The van der Waals surface area contributed by atoms with Gasteiger partial charge in [-0.3, -0.25) is 4.79 Å². The number of amides is 1. The van der Waals surface area contributed by atoms with Crippen molar-refractivity contribution in [2.45, 2.75) is 39.7 Å². The number of hydrogen-bond acceptors (Lipinski definition) is 2. The van der Waals surface area contributed by atoms with Crippen LogP contribution in [0.5, 0.6) is 0 Å². The molecule has 1 saturated carbocycles. The van der Waals surface area contributed by atoms with Crippen molar-refractivity contribution in [3.8, 4) is 0 Å². The molecule has 1 fully saturated rings. The van der Waals surface area contributed by atoms with Gasteiger partial charge in [0.05, 0.1) is 0 Å². The Bertz CT molecular complexity index is 488. The van der Waals surface area contributed by atoms with E-state index in [1.54, 1.807) is 19.0 Å². The van der Waals surface area contributed by atoms with E-state index in [1.807, 2.05) is 18.2 Å². The van der Waals surface area contributed by atoms with Crippen LogP contribution in [0.2, 0.25) is 0 Å². The number of nitrogens with zero attached hydrogens (tertiary/aromatic N) is 1. The SMILES string of the molecule is Cc1ccc(C(=O)N(C)C)cc1NC1CC(C(C)C)C1. The minimum Gasteiger partial charge on any atom is -0.382 e. The first kappa shape index (κ1) is 14.9. The van der Waals surface area contributed by atoms with Crippen LogP contribution in [0, 0.1) is 18.8 Å². The Labute approximate surface area is 122 Å². The molecular formula is C17H26N2O. The van der Waals surface area contributed by atoms with Crippen molar-refractivity contribution < 1.29 is 4.79 Å². The molecule has 1 aliphatic rings. The molecule has 3 nitrogen and oxygen atoms in total. The number of nitrogens with one attached hydrogen (secondary N) is 1. The van der Waals surface area contributed by atoms with Gasteiger partial charge in [0.1, 0.15) is 0 Å². The summed E-state index contributed by atoms with van der Waals surface area (Å²) in [5.74, 6) is 1.68. The third-order valence-corrected chi connectivity index (χ3v) is 4.37. The Morgan fingerprint density at radius 3 is 2.50 bits per heavy atom. The minimum atomic E-state index is 0.0571. The van der Waals surface area contributed by atoms with Crippen LogP contribution in [0.15, 0.2) is 18.2 Å². The average molecular weight is 274 g/mol. The lowest BCUT2D eigenvalue weighted by molar-refractivity contribution is 0.0827. The molecule has 1 N–H and O–H groups in total. The van der Waals surface area contributed by atoms with E-state index in [2.05, 4.69) is 26.1 Å². The zero-order valence-electron chi connectivity index (χ0n) is 13.2. The quantitative estimate of drug-likeness (QED) is 0.910. The maximum atomic E-state index is 12.0. The summed E-state index contributed by atoms with van der Waals surface area (Å²) in [7, 11) is 3.57. The van der Waals surface area contributed by atoms with Crippen molar-refractivity contribution in [1.82, 2.24) is 4.90 Å². The van der Waals surface area contributed by atoms with Gasteiger partial charge < -0.3 is 10.2 Å². The van der Waals surface area contributed by atoms with E-state index in [1.165, 1.54) is 18.4 Å². The average Bonchev–Trinajstić information content (AvgIpc) is 2.33. The number of carbonyl (C=O) groups is 1. The lowest BCUT2D eigenvalue weighted by atomic mass is 9.73. The van der Waals surface area contributed by atoms with Gasteiger partial charge in [-0.25, -0.2) is 0 Å². The van der Waals surface area contributed by atoms with Crippen LogP contribution < -0.4 is 5.32 Å². The number of aryl methyl sites for hydroxylation is 1. The number of anilines is 1. The molecule has 0 radical (unpaired) electrons. The first-order valence-corrected chi connectivity index (χ1v) is 7.47. The molecule has 0 bridgehead atoms. The number of benzene rings is 1. The van der Waals surface area contributed by atoms with Gasteiger partial charge >= 0.3 is 0 Å². The molecule has 1 aliphatic carbocycles. The summed E-state index contributed by atoms with van der Waals surface area (Å²) >= 11 is 0. The predicted molar refractivity (Wildman–Crippen MR) is 84.2 cm³/mol. The Morgan fingerprint density at radius 2 is 1.95 bits per heavy atom. The first-order chi connectivity index (χ1) is 9.38. The van der Waals surface area contributed by atoms with Crippen molar-refractivity contribution in [2.75, 3.05) is 19.4 Å². The van der Waals surface area contributed by atoms with Crippen molar-refractivity contribution in [3.63, 3.8) is 0 Å². The minimum absolute atomic E-state index is 0.0571. The first-order valence-electron chi connectivity index (χ1n) is 7.47. The number of carbonyl (C=O) groups excluding carboxylic acids is 1. The van der Waals surface area contributed by atoms with Gasteiger partial charge in [0, 0.05) is 31.4 Å². The number of hydrogen-bond donors (Lipinski definition) is 1. The van der Waals surface area contributed by atoms with Gasteiger partial charge in [-0.1, -0.05) is 19.9 Å². The fraction of sp³-hybridized carbons (Fsp3) is 0.588. The van der Waals surface area contributed by atoms with Crippen LogP contribution in [0.1, 0.15) is 42.6 Å². The van der Waals surface area contributed by atoms with Gasteiger partial charge in [-0.15, -0.1) is 0 Å². The van der Waals surface area contributed by atoms with E-state index in [-0.39, 0.29) is 5.91 Å². The summed E-state index contributed by atoms with van der Waals surface area (Å²) in [6, 6.07) is 6.48. The molecule has 0 aliphatic heterocycles. The van der Waals surface area contributed by atoms with E-state index < -0.39 is 0 Å². The van der Waals surface area contributed by atoms with E-state index in [0.717, 1.165) is 23.1 Å². The van der Waals surface area contributed by atoms with E-state index in [4.69, 9.17) is 0 Å². The second kappa shape index (κ2) is 5.86. The summed E-state index contributed by atoms with van der Waals surface area (Å²) in [4.78, 5) is 13.6. The summed E-state index contributed by atoms with van der Waals surface area (Å²) in [6.07, 6.45) is 2.48. The van der Waals surface area contributed by atoms with Crippen molar-refractivity contribution in [3.05, 3.63) is 29.3 Å². The molecule has 0 spiro atoms. The van der Waals surface area contributed by atoms with Crippen molar-refractivity contribution >= 4 is 11.6 Å². The molecule has 0 atom stereocenters. The van der Waals surface area contributed by atoms with E-state index >= 15 is 0 Å². The molecule has 20 heavy (non-hydrogen) atoms. The largest absolute Gasteiger partial charge is 0.382 e. The topological polar surface area (TPSA) is 32.3 Å². The molecule has 3 heteroatoms. The molecule has 0 unspecified atom stereocenters. The molecule has 2 rings (SSSR count). The normalized spacial score (nSPS) is 21.5. The van der Waals surface area contributed by atoms with Gasteiger partial charge in [0.15, 0.2) is 0 Å². The maximum absolute atomic E-state index is 12.0. The molecule has 1 aromatic carbocycles. The Hall–Kier alpha value is -1.51. The van der Waals surface area contributed by atoms with Crippen LogP contribution in [0.4, 0.5) is 5.69 Å². The van der Waals surface area contributed by atoms with Crippen LogP contribution in [0.25, 0.3) is 0 Å². The van der Waals surface area contributed by atoms with Gasteiger partial charge in [0.2, 0.25) is 0 Å². The van der Waals surface area contributed by atoms with Gasteiger partial charge in [-0.2, -0.15) is 0 Å². The highest BCUT2D eigenvalue weighted by molar-refractivity contribution is 5.95. The summed E-state index contributed by atoms with van der Waals surface area (Å²) in [5.41, 5.74) is 3.06. The van der Waals surface area contributed by atoms with Gasteiger partial charge in [0.25, 0.3) is 5.91 Å². The molecule has 1 amide bonds. The van der Waals surface area contributed by atoms with Crippen molar-refractivity contribution in [1.29, 1.82) is 0 Å². The fourth-order valence-electron chi connectivity index (χ4n) is 2.71. The number of rotatable bonds is 4. The zero-order valence-corrected chi connectivity index (χ0v) is 13.2. The van der Waals surface area contributed by atoms with Crippen LogP contribution >= 0.6 is 0 Å². The Kier molecular flexibility index (Phi) is 4.36. The van der Waals surface area contributed by atoms with E-state index in [0.29, 0.717) is 6.04 Å². The molecule has 1 aromatic rings. The Balaban J connectivity index is 2.05. The lowest BCUT2D eigenvalue weighted by Crippen LogP contribution is -2.38. The highest BCUT2D eigenvalue weighted by Crippen LogP contribution is 2.36. The van der Waals surface area contributed by atoms with Crippen LogP contribution in [0.3, 0.4) is 0 Å². The highest BCUT2D eigenvalue weighted by atomic mass is 16.2. The highest BCUT2D eigenvalue weighted by Gasteiger charge is 2.31. The molecule has 0 heterocycles. The lowest BCUT2D eigenvalue weighted by Gasteiger charge is -2.39. The fourth-order valence-corrected chi connectivity index (χ4v) is 2.71. The smallest absolute Gasteiger partial charge is 0.253 e. The zero-order chi connectivity index (χ0) is 14.9. The van der Waals surface area contributed by atoms with Crippen LogP contribution in [-0.2, 0) is 0 Å². The molecule has 0 saturated heterocycles. The summed E-state index contributed by atoms with van der Waals surface area (Å²) < 4.78 is 0. The monoisotopic (exact) mass is 274 g/mol. The third-order valence-electron chi connectivity index (χ3n) is 4.37. The predicted octanol–water partition coefficient (Wildman–Crippen LogP) is 3.54. The maximum Gasteiger partial charge on any atom is 0.253 e. The standard InChI is InChI=1S/C17H26N2O/c1-11(2)14-8-15(9-14)18-16-10-13(7-6-12(16)3)17(20)19(4)5/h6-7,10-11,14-15,18H,8-9H2,1-5H3.